The molecule has 0 aliphatic heterocycles. The van der Waals surface area contributed by atoms with E-state index in [9.17, 15) is 9.90 Å². The van der Waals surface area contributed by atoms with Gasteiger partial charge in [0.1, 0.15) is 0 Å². The van der Waals surface area contributed by atoms with Crippen LogP contribution in [0.2, 0.25) is 0 Å². The molecule has 18 heavy (non-hydrogen) atoms. The number of carbonyl (C=O) groups excluding carboxylic acids is 1. The first-order chi connectivity index (χ1) is 8.36. The summed E-state index contributed by atoms with van der Waals surface area (Å²) in [5.74, 6) is 0.781. The number of aliphatic hydroxyl groups excluding tert-OH is 1. The van der Waals surface area contributed by atoms with Crippen molar-refractivity contribution >= 4 is 5.91 Å². The molecule has 1 saturated carbocycles. The fourth-order valence-corrected chi connectivity index (χ4v) is 2.42. The molecule has 1 amide bonds. The number of rotatable bonds is 5. The van der Waals surface area contributed by atoms with Crippen molar-refractivity contribution in [2.75, 3.05) is 13.7 Å². The molecular weight excluding hydrogens is 228 g/mol. The summed E-state index contributed by atoms with van der Waals surface area (Å²) in [4.78, 5) is 13.7. The molecule has 0 unspecified atom stereocenters. The second-order valence-corrected chi connectivity index (χ2v) is 6.24. The molecule has 0 atom stereocenters. The zero-order valence-corrected chi connectivity index (χ0v) is 12.0. The molecule has 0 spiro atoms. The lowest BCUT2D eigenvalue weighted by Gasteiger charge is -2.34. The minimum atomic E-state index is -0.466. The summed E-state index contributed by atoms with van der Waals surface area (Å²) in [7, 11) is 1.77. The molecule has 0 bridgehead atoms. The Morgan fingerprint density at radius 1 is 1.33 bits per heavy atom. The van der Waals surface area contributed by atoms with Crippen molar-refractivity contribution in [2.45, 2.75) is 64.0 Å². The number of carbonyl (C=O) groups is 1. The van der Waals surface area contributed by atoms with Crippen molar-refractivity contribution in [1.29, 1.82) is 0 Å². The van der Waals surface area contributed by atoms with Crippen molar-refractivity contribution < 1.29 is 9.90 Å². The van der Waals surface area contributed by atoms with Gasteiger partial charge in [-0.15, -0.1) is 0 Å². The van der Waals surface area contributed by atoms with E-state index in [0.717, 1.165) is 32.1 Å². The molecule has 0 aromatic heterocycles. The molecule has 0 aromatic rings. The van der Waals surface area contributed by atoms with E-state index in [1.165, 1.54) is 0 Å². The standard InChI is InChI=1S/C14H28N2O2/c1-14(2,10-17)16(3)13(18)9-6-11-4-7-12(15)8-5-11/h11-12,17H,4-10,15H2,1-3H3. The van der Waals surface area contributed by atoms with Crippen LogP contribution in [-0.4, -0.2) is 41.1 Å². The second kappa shape index (κ2) is 6.53. The van der Waals surface area contributed by atoms with E-state index in [2.05, 4.69) is 0 Å². The Hall–Kier alpha value is -0.610. The van der Waals surface area contributed by atoms with Gasteiger partial charge in [0.15, 0.2) is 0 Å². The molecule has 1 fully saturated rings. The van der Waals surface area contributed by atoms with Gasteiger partial charge in [-0.25, -0.2) is 0 Å². The Kier molecular flexibility index (Phi) is 5.60. The summed E-state index contributed by atoms with van der Waals surface area (Å²) in [6, 6.07) is 0.368. The highest BCUT2D eigenvalue weighted by Crippen LogP contribution is 2.27. The van der Waals surface area contributed by atoms with Crippen LogP contribution in [0.5, 0.6) is 0 Å². The normalized spacial score (nSPS) is 24.9. The van der Waals surface area contributed by atoms with Gasteiger partial charge in [0.05, 0.1) is 12.1 Å². The first-order valence-electron chi connectivity index (χ1n) is 7.00. The van der Waals surface area contributed by atoms with E-state index in [1.807, 2.05) is 13.8 Å². The fraction of sp³-hybridized carbons (Fsp3) is 0.929. The molecule has 1 rings (SSSR count). The van der Waals surface area contributed by atoms with E-state index >= 15 is 0 Å². The number of amides is 1. The SMILES string of the molecule is CN(C(=O)CCC1CCC(N)CC1)C(C)(C)CO. The maximum absolute atomic E-state index is 12.0. The lowest BCUT2D eigenvalue weighted by atomic mass is 9.83. The molecule has 1 aliphatic carbocycles. The van der Waals surface area contributed by atoms with Crippen LogP contribution < -0.4 is 5.73 Å². The summed E-state index contributed by atoms with van der Waals surface area (Å²) >= 11 is 0. The van der Waals surface area contributed by atoms with Crippen molar-refractivity contribution in [3.05, 3.63) is 0 Å². The number of hydrogen-bond donors (Lipinski definition) is 2. The lowest BCUT2D eigenvalue weighted by Crippen LogP contribution is -2.47. The highest BCUT2D eigenvalue weighted by Gasteiger charge is 2.27. The first kappa shape index (κ1) is 15.4. The van der Waals surface area contributed by atoms with Crippen LogP contribution in [0, 0.1) is 5.92 Å². The fourth-order valence-electron chi connectivity index (χ4n) is 2.42. The van der Waals surface area contributed by atoms with Crippen LogP contribution in [0.4, 0.5) is 0 Å². The highest BCUT2D eigenvalue weighted by atomic mass is 16.3. The van der Waals surface area contributed by atoms with E-state index in [4.69, 9.17) is 5.73 Å². The largest absolute Gasteiger partial charge is 0.394 e. The molecule has 0 radical (unpaired) electrons. The van der Waals surface area contributed by atoms with Crippen molar-refractivity contribution in [2.24, 2.45) is 11.7 Å². The minimum absolute atomic E-state index is 0.00643. The maximum atomic E-state index is 12.0. The quantitative estimate of drug-likeness (QED) is 0.783. The number of likely N-dealkylation sites (N-methyl/N-ethyl adjacent to an activating group) is 1. The molecular formula is C14H28N2O2. The molecule has 3 N–H and O–H groups in total. The van der Waals surface area contributed by atoms with Crippen LogP contribution in [0.25, 0.3) is 0 Å². The summed E-state index contributed by atoms with van der Waals surface area (Å²) in [6.07, 6.45) is 6.04. The Balaban J connectivity index is 2.33. The van der Waals surface area contributed by atoms with Crippen LogP contribution in [0.15, 0.2) is 0 Å². The minimum Gasteiger partial charge on any atom is -0.394 e. The third kappa shape index (κ3) is 4.25. The molecule has 0 aromatic carbocycles. The van der Waals surface area contributed by atoms with E-state index in [-0.39, 0.29) is 12.5 Å². The van der Waals surface area contributed by atoms with E-state index in [1.54, 1.807) is 11.9 Å². The van der Waals surface area contributed by atoms with Gasteiger partial charge in [-0.05, 0) is 51.9 Å². The van der Waals surface area contributed by atoms with Crippen molar-refractivity contribution in [1.82, 2.24) is 4.90 Å². The van der Waals surface area contributed by atoms with Crippen LogP contribution in [0.3, 0.4) is 0 Å². The predicted octanol–water partition coefficient (Wildman–Crippen LogP) is 1.51. The van der Waals surface area contributed by atoms with Crippen molar-refractivity contribution in [3.8, 4) is 0 Å². The molecule has 1 aliphatic rings. The van der Waals surface area contributed by atoms with Crippen LogP contribution >= 0.6 is 0 Å². The smallest absolute Gasteiger partial charge is 0.222 e. The van der Waals surface area contributed by atoms with Gasteiger partial charge in [0.25, 0.3) is 0 Å². The average Bonchev–Trinajstić information content (AvgIpc) is 2.36. The van der Waals surface area contributed by atoms with E-state index < -0.39 is 5.54 Å². The van der Waals surface area contributed by atoms with Gasteiger partial charge in [-0.3, -0.25) is 4.79 Å². The van der Waals surface area contributed by atoms with Gasteiger partial charge in [0.2, 0.25) is 5.91 Å². The summed E-state index contributed by atoms with van der Waals surface area (Å²) in [6.45, 7) is 3.75. The zero-order chi connectivity index (χ0) is 13.8. The third-order valence-corrected chi connectivity index (χ3v) is 4.33. The Morgan fingerprint density at radius 3 is 2.39 bits per heavy atom. The number of hydrogen-bond acceptors (Lipinski definition) is 3. The van der Waals surface area contributed by atoms with Gasteiger partial charge in [-0.2, -0.15) is 0 Å². The topological polar surface area (TPSA) is 66.6 Å². The average molecular weight is 256 g/mol. The monoisotopic (exact) mass is 256 g/mol. The predicted molar refractivity (Wildman–Crippen MR) is 73.1 cm³/mol. The summed E-state index contributed by atoms with van der Waals surface area (Å²) in [5, 5.41) is 9.25. The molecule has 0 saturated heterocycles. The molecule has 4 heteroatoms. The van der Waals surface area contributed by atoms with Crippen LogP contribution in [0.1, 0.15) is 52.4 Å². The molecule has 106 valence electrons. The first-order valence-corrected chi connectivity index (χ1v) is 7.00. The Bertz CT molecular complexity index is 271. The van der Waals surface area contributed by atoms with Gasteiger partial charge in [0, 0.05) is 19.5 Å². The number of nitrogens with two attached hydrogens (primary N) is 1. The van der Waals surface area contributed by atoms with Gasteiger partial charge >= 0.3 is 0 Å². The molecule has 4 nitrogen and oxygen atoms in total. The molecule has 0 heterocycles. The third-order valence-electron chi connectivity index (χ3n) is 4.33. The highest BCUT2D eigenvalue weighted by molar-refractivity contribution is 5.76. The van der Waals surface area contributed by atoms with Crippen LogP contribution in [-0.2, 0) is 4.79 Å². The Morgan fingerprint density at radius 2 is 1.89 bits per heavy atom. The number of aliphatic hydroxyl groups is 1. The van der Waals surface area contributed by atoms with Gasteiger partial charge in [-0.1, -0.05) is 0 Å². The Labute approximate surface area is 111 Å². The van der Waals surface area contributed by atoms with E-state index in [0.29, 0.717) is 18.4 Å². The van der Waals surface area contributed by atoms with Gasteiger partial charge < -0.3 is 15.7 Å². The lowest BCUT2D eigenvalue weighted by molar-refractivity contribution is -0.136. The number of nitrogens with zero attached hydrogens (tertiary/aromatic N) is 1. The maximum Gasteiger partial charge on any atom is 0.222 e. The zero-order valence-electron chi connectivity index (χ0n) is 12.0. The summed E-state index contributed by atoms with van der Waals surface area (Å²) < 4.78 is 0. The summed E-state index contributed by atoms with van der Waals surface area (Å²) in [5.41, 5.74) is 5.41. The van der Waals surface area contributed by atoms with Crippen molar-refractivity contribution in [3.63, 3.8) is 0 Å². The second-order valence-electron chi connectivity index (χ2n) is 6.24.